The number of aldehydes is 1. The SMILES string of the molecule is O=Cc1cc(C(=O)N2CCN(c3ccc(N4CC5CCCC5C4)nc3)CC2)cc(F)c1O. The molecule has 1 N–H and O–H groups in total. The van der Waals surface area contributed by atoms with Crippen LogP contribution in [0, 0.1) is 17.7 Å². The highest BCUT2D eigenvalue weighted by Crippen LogP contribution is 2.39. The number of carbonyl (C=O) groups excluding carboxylic acids is 2. The predicted molar refractivity (Wildman–Crippen MR) is 119 cm³/mol. The van der Waals surface area contributed by atoms with Crippen molar-refractivity contribution in [3.63, 3.8) is 0 Å². The van der Waals surface area contributed by atoms with Crippen molar-refractivity contribution in [2.75, 3.05) is 49.1 Å². The summed E-state index contributed by atoms with van der Waals surface area (Å²) in [5.41, 5.74) is 0.871. The van der Waals surface area contributed by atoms with Gasteiger partial charge in [0.15, 0.2) is 17.9 Å². The summed E-state index contributed by atoms with van der Waals surface area (Å²) in [4.78, 5) is 34.7. The van der Waals surface area contributed by atoms with Crippen LogP contribution in [0.25, 0.3) is 0 Å². The summed E-state index contributed by atoms with van der Waals surface area (Å²) in [6, 6.07) is 6.40. The third-order valence-corrected chi connectivity index (χ3v) is 7.18. The number of nitrogens with zero attached hydrogens (tertiary/aromatic N) is 4. The number of piperazine rings is 1. The number of anilines is 2. The number of rotatable bonds is 4. The van der Waals surface area contributed by atoms with E-state index in [1.54, 1.807) is 4.90 Å². The van der Waals surface area contributed by atoms with Crippen LogP contribution in [-0.4, -0.2) is 66.5 Å². The summed E-state index contributed by atoms with van der Waals surface area (Å²) in [5.74, 6) is 0.648. The molecule has 0 radical (unpaired) electrons. The maximum Gasteiger partial charge on any atom is 0.254 e. The van der Waals surface area contributed by atoms with Gasteiger partial charge in [0.05, 0.1) is 17.4 Å². The Hall–Kier alpha value is -3.16. The molecule has 0 bridgehead atoms. The predicted octanol–water partition coefficient (Wildman–Crippen LogP) is 2.94. The zero-order valence-corrected chi connectivity index (χ0v) is 17.9. The van der Waals surface area contributed by atoms with Gasteiger partial charge in [0.1, 0.15) is 5.82 Å². The normalized spacial score (nSPS) is 22.8. The van der Waals surface area contributed by atoms with Gasteiger partial charge in [-0.05, 0) is 48.9 Å². The molecule has 0 spiro atoms. The van der Waals surface area contributed by atoms with Gasteiger partial charge in [0.25, 0.3) is 5.91 Å². The molecule has 2 aromatic rings. The first-order valence-corrected chi connectivity index (χ1v) is 11.3. The summed E-state index contributed by atoms with van der Waals surface area (Å²) >= 11 is 0. The maximum atomic E-state index is 13.9. The van der Waals surface area contributed by atoms with Crippen LogP contribution in [0.4, 0.5) is 15.9 Å². The number of pyridine rings is 1. The summed E-state index contributed by atoms with van der Waals surface area (Å²) in [6.07, 6.45) is 6.31. The molecular formula is C24H27FN4O3. The topological polar surface area (TPSA) is 77.0 Å². The zero-order chi connectivity index (χ0) is 22.2. The molecule has 1 aromatic heterocycles. The van der Waals surface area contributed by atoms with E-state index in [0.717, 1.165) is 42.5 Å². The molecule has 2 unspecified atom stereocenters. The number of carbonyl (C=O) groups is 2. The van der Waals surface area contributed by atoms with Crippen molar-refractivity contribution in [2.24, 2.45) is 11.8 Å². The van der Waals surface area contributed by atoms with E-state index in [1.807, 2.05) is 6.20 Å². The molecule has 8 heteroatoms. The van der Waals surface area contributed by atoms with Crippen molar-refractivity contribution in [1.82, 2.24) is 9.88 Å². The third-order valence-electron chi connectivity index (χ3n) is 7.18. The van der Waals surface area contributed by atoms with E-state index in [4.69, 9.17) is 4.98 Å². The molecule has 3 aliphatic rings. The summed E-state index contributed by atoms with van der Waals surface area (Å²) in [6.45, 7) is 4.47. The van der Waals surface area contributed by atoms with Crippen LogP contribution in [0.1, 0.15) is 40.0 Å². The van der Waals surface area contributed by atoms with E-state index in [0.29, 0.717) is 32.5 Å². The van der Waals surface area contributed by atoms with E-state index in [-0.39, 0.29) is 17.0 Å². The molecule has 1 saturated carbocycles. The van der Waals surface area contributed by atoms with Gasteiger partial charge in [-0.15, -0.1) is 0 Å². The maximum absolute atomic E-state index is 13.9. The molecule has 7 nitrogen and oxygen atoms in total. The molecular weight excluding hydrogens is 411 g/mol. The number of phenolic OH excluding ortho intramolecular Hbond substituents is 1. The minimum absolute atomic E-state index is 0.0669. The Bertz CT molecular complexity index is 1010. The average molecular weight is 439 g/mol. The van der Waals surface area contributed by atoms with Gasteiger partial charge < -0.3 is 19.8 Å². The first-order chi connectivity index (χ1) is 15.5. The zero-order valence-electron chi connectivity index (χ0n) is 17.9. The van der Waals surface area contributed by atoms with Crippen molar-refractivity contribution < 1.29 is 19.1 Å². The van der Waals surface area contributed by atoms with Gasteiger partial charge >= 0.3 is 0 Å². The Labute approximate surface area is 186 Å². The lowest BCUT2D eigenvalue weighted by Gasteiger charge is -2.36. The van der Waals surface area contributed by atoms with Gasteiger partial charge in [0.2, 0.25) is 0 Å². The van der Waals surface area contributed by atoms with E-state index in [2.05, 4.69) is 21.9 Å². The number of amides is 1. The molecule has 1 aromatic carbocycles. The lowest BCUT2D eigenvalue weighted by Crippen LogP contribution is -2.48. The number of aromatic nitrogens is 1. The number of fused-ring (bicyclic) bond motifs is 1. The number of benzene rings is 1. The molecule has 1 amide bonds. The van der Waals surface area contributed by atoms with Crippen molar-refractivity contribution in [2.45, 2.75) is 19.3 Å². The summed E-state index contributed by atoms with van der Waals surface area (Å²) in [7, 11) is 0. The van der Waals surface area contributed by atoms with Crippen LogP contribution in [0.15, 0.2) is 30.5 Å². The summed E-state index contributed by atoms with van der Waals surface area (Å²) < 4.78 is 13.9. The smallest absolute Gasteiger partial charge is 0.254 e. The molecule has 3 fully saturated rings. The first kappa shape index (κ1) is 20.7. The van der Waals surface area contributed by atoms with Crippen LogP contribution in [-0.2, 0) is 0 Å². The van der Waals surface area contributed by atoms with Crippen LogP contribution in [0.2, 0.25) is 0 Å². The highest BCUT2D eigenvalue weighted by atomic mass is 19.1. The van der Waals surface area contributed by atoms with Crippen molar-refractivity contribution >= 4 is 23.7 Å². The minimum atomic E-state index is -0.968. The molecule has 5 rings (SSSR count). The van der Waals surface area contributed by atoms with E-state index in [9.17, 15) is 19.1 Å². The van der Waals surface area contributed by atoms with Crippen LogP contribution in [0.3, 0.4) is 0 Å². The van der Waals surface area contributed by atoms with Gasteiger partial charge in [-0.2, -0.15) is 0 Å². The highest BCUT2D eigenvalue weighted by molar-refractivity contribution is 5.96. The first-order valence-electron chi connectivity index (χ1n) is 11.3. The Morgan fingerprint density at radius 1 is 1.06 bits per heavy atom. The monoisotopic (exact) mass is 438 g/mol. The molecule has 1 aliphatic carbocycles. The number of hydrogen-bond donors (Lipinski definition) is 1. The van der Waals surface area contributed by atoms with E-state index in [1.165, 1.54) is 25.3 Å². The van der Waals surface area contributed by atoms with E-state index < -0.39 is 11.6 Å². The quantitative estimate of drug-likeness (QED) is 0.740. The molecule has 2 atom stereocenters. The van der Waals surface area contributed by atoms with Crippen molar-refractivity contribution in [3.05, 3.63) is 47.4 Å². The fourth-order valence-corrected chi connectivity index (χ4v) is 5.36. The minimum Gasteiger partial charge on any atom is -0.504 e. The second-order valence-electron chi connectivity index (χ2n) is 9.02. The fraction of sp³-hybridized carbons (Fsp3) is 0.458. The van der Waals surface area contributed by atoms with Gasteiger partial charge in [0, 0.05) is 44.8 Å². The van der Waals surface area contributed by atoms with Crippen LogP contribution >= 0.6 is 0 Å². The van der Waals surface area contributed by atoms with Gasteiger partial charge in [-0.1, -0.05) is 6.42 Å². The second-order valence-corrected chi connectivity index (χ2v) is 9.02. The van der Waals surface area contributed by atoms with Crippen molar-refractivity contribution in [1.29, 1.82) is 0 Å². The molecule has 32 heavy (non-hydrogen) atoms. The second kappa shape index (κ2) is 8.41. The third kappa shape index (κ3) is 3.78. The molecule has 168 valence electrons. The van der Waals surface area contributed by atoms with Gasteiger partial charge in [-0.3, -0.25) is 9.59 Å². The lowest BCUT2D eigenvalue weighted by molar-refractivity contribution is 0.0746. The number of halogens is 1. The standard InChI is InChI=1S/C24H27FN4O3/c25-21-11-18(10-19(15-30)23(21)31)24(32)28-8-6-27(7-9-28)20-4-5-22(26-12-20)29-13-16-2-1-3-17(16)14-29/h4-5,10-12,15-17,31H,1-3,6-9,13-14H2. The number of hydrogen-bond acceptors (Lipinski definition) is 6. The molecule has 3 heterocycles. The lowest BCUT2D eigenvalue weighted by atomic mass is 10.0. The number of phenols is 1. The van der Waals surface area contributed by atoms with Gasteiger partial charge in [-0.25, -0.2) is 9.37 Å². The highest BCUT2D eigenvalue weighted by Gasteiger charge is 2.36. The summed E-state index contributed by atoms with van der Waals surface area (Å²) in [5, 5.41) is 9.56. The average Bonchev–Trinajstić information content (AvgIpc) is 3.43. The molecule has 2 saturated heterocycles. The largest absolute Gasteiger partial charge is 0.504 e. The van der Waals surface area contributed by atoms with E-state index >= 15 is 0 Å². The Morgan fingerprint density at radius 2 is 1.78 bits per heavy atom. The van der Waals surface area contributed by atoms with Crippen LogP contribution < -0.4 is 9.80 Å². The van der Waals surface area contributed by atoms with Crippen LogP contribution in [0.5, 0.6) is 5.75 Å². The number of aromatic hydroxyl groups is 1. The Morgan fingerprint density at radius 3 is 2.41 bits per heavy atom. The van der Waals surface area contributed by atoms with Crippen molar-refractivity contribution in [3.8, 4) is 5.75 Å². The Kier molecular flexibility index (Phi) is 5.45. The Balaban J connectivity index is 1.20. The fourth-order valence-electron chi connectivity index (χ4n) is 5.36. The molecule has 2 aliphatic heterocycles.